The van der Waals surface area contributed by atoms with Crippen LogP contribution in [0.4, 0.5) is 4.79 Å². The largest absolute Gasteiger partial charge is 0.459 e. The molecular formula is C28H38N4O3S. The van der Waals surface area contributed by atoms with Crippen molar-refractivity contribution in [2.45, 2.75) is 70.8 Å². The van der Waals surface area contributed by atoms with Gasteiger partial charge in [0.2, 0.25) is 0 Å². The minimum absolute atomic E-state index is 0.00767. The normalized spacial score (nSPS) is 12.4. The van der Waals surface area contributed by atoms with Crippen LogP contribution in [0.1, 0.15) is 59.1 Å². The van der Waals surface area contributed by atoms with Crippen molar-refractivity contribution in [3.05, 3.63) is 60.2 Å². The number of hydrogen-bond donors (Lipinski definition) is 1. The zero-order chi connectivity index (χ0) is 26.1. The molecule has 194 valence electrons. The average molecular weight is 511 g/mol. The number of para-hydroxylation sites is 2. The maximum Gasteiger partial charge on any atom is 0.326 e. The first-order valence-electron chi connectivity index (χ1n) is 12.6. The fraction of sp³-hybridized carbons (Fsp3) is 0.464. The van der Waals surface area contributed by atoms with Crippen molar-refractivity contribution in [2.24, 2.45) is 0 Å². The van der Waals surface area contributed by atoms with Crippen LogP contribution in [0.3, 0.4) is 0 Å². The Balaban J connectivity index is 1.56. The Bertz CT molecular complexity index is 1140. The molecule has 1 aromatic heterocycles. The summed E-state index contributed by atoms with van der Waals surface area (Å²) in [6.45, 7) is 11.1. The molecule has 8 heteroatoms. The first kappa shape index (κ1) is 27.6. The fourth-order valence-corrected chi connectivity index (χ4v) is 4.93. The number of esters is 1. The van der Waals surface area contributed by atoms with Gasteiger partial charge in [0.15, 0.2) is 5.16 Å². The molecule has 1 N–H and O–H groups in total. The van der Waals surface area contributed by atoms with Crippen LogP contribution in [0.2, 0.25) is 0 Å². The molecule has 0 aliphatic rings. The minimum atomic E-state index is -0.539. The number of carbonyl (C=O) groups excluding carboxylic acids is 2. The van der Waals surface area contributed by atoms with Crippen molar-refractivity contribution in [3.8, 4) is 0 Å². The van der Waals surface area contributed by atoms with Crippen molar-refractivity contribution in [3.63, 3.8) is 0 Å². The van der Waals surface area contributed by atoms with Crippen LogP contribution in [-0.2, 0) is 16.1 Å². The van der Waals surface area contributed by atoms with Crippen LogP contribution in [0.15, 0.2) is 59.8 Å². The number of imidazole rings is 1. The second-order valence-electron chi connectivity index (χ2n) is 9.77. The third-order valence-corrected chi connectivity index (χ3v) is 6.69. The predicted molar refractivity (Wildman–Crippen MR) is 146 cm³/mol. The molecule has 0 radical (unpaired) electrons. The number of nitrogens with zero attached hydrogens (tertiary/aromatic N) is 3. The number of amides is 2. The smallest absolute Gasteiger partial charge is 0.326 e. The average Bonchev–Trinajstić information content (AvgIpc) is 3.18. The lowest BCUT2D eigenvalue weighted by molar-refractivity contribution is -0.155. The highest BCUT2D eigenvalue weighted by Crippen LogP contribution is 2.25. The van der Waals surface area contributed by atoms with Gasteiger partial charge in [-0.15, -0.1) is 0 Å². The van der Waals surface area contributed by atoms with Crippen LogP contribution in [-0.4, -0.2) is 50.9 Å². The van der Waals surface area contributed by atoms with Gasteiger partial charge in [-0.05, 0) is 58.2 Å². The summed E-state index contributed by atoms with van der Waals surface area (Å²) in [5, 5.41) is 3.85. The number of aromatic nitrogens is 2. The molecule has 1 heterocycles. The van der Waals surface area contributed by atoms with Gasteiger partial charge in [0.05, 0.1) is 17.1 Å². The third-order valence-electron chi connectivity index (χ3n) is 5.63. The molecule has 2 amide bonds. The lowest BCUT2D eigenvalue weighted by Gasteiger charge is -2.29. The van der Waals surface area contributed by atoms with E-state index in [0.717, 1.165) is 40.3 Å². The lowest BCUT2D eigenvalue weighted by Crippen LogP contribution is -2.42. The number of rotatable bonds is 11. The molecular weight excluding hydrogens is 472 g/mol. The Morgan fingerprint density at radius 3 is 2.50 bits per heavy atom. The summed E-state index contributed by atoms with van der Waals surface area (Å²) in [5.41, 5.74) is 2.34. The number of urea groups is 1. The summed E-state index contributed by atoms with van der Waals surface area (Å²) in [6, 6.07) is 17.9. The third kappa shape index (κ3) is 7.75. The van der Waals surface area contributed by atoms with Crippen LogP contribution < -0.4 is 5.32 Å². The number of thioether (sulfide) groups is 1. The lowest BCUT2D eigenvalue weighted by atomic mass is 10.1. The number of ether oxygens (including phenoxy) is 1. The van der Waals surface area contributed by atoms with Gasteiger partial charge in [-0.25, -0.2) is 9.78 Å². The van der Waals surface area contributed by atoms with E-state index >= 15 is 0 Å². The molecule has 3 aromatic rings. The maximum atomic E-state index is 12.9. The Labute approximate surface area is 218 Å². The van der Waals surface area contributed by atoms with Crippen LogP contribution in [0.25, 0.3) is 11.0 Å². The van der Waals surface area contributed by atoms with Crippen molar-refractivity contribution in [2.75, 3.05) is 18.8 Å². The van der Waals surface area contributed by atoms with E-state index in [1.165, 1.54) is 0 Å². The van der Waals surface area contributed by atoms with Gasteiger partial charge in [-0.1, -0.05) is 61.2 Å². The van der Waals surface area contributed by atoms with Crippen molar-refractivity contribution < 1.29 is 14.3 Å². The highest BCUT2D eigenvalue weighted by atomic mass is 32.2. The highest BCUT2D eigenvalue weighted by Gasteiger charge is 2.21. The fourth-order valence-electron chi connectivity index (χ4n) is 3.98. The SMILES string of the molecule is CCCN(C(=O)NCCCSc1nc2ccccc2n1CC(=O)OC(C)(C)C)C(C)c1ccccc1. The Morgan fingerprint density at radius 1 is 1.11 bits per heavy atom. The Hall–Kier alpha value is -3.00. The molecule has 0 saturated heterocycles. The van der Waals surface area contributed by atoms with Crippen molar-refractivity contribution in [1.82, 2.24) is 19.8 Å². The second kappa shape index (κ2) is 12.8. The number of nitrogens with one attached hydrogen (secondary N) is 1. The van der Waals surface area contributed by atoms with Gasteiger partial charge >= 0.3 is 12.0 Å². The number of carbonyl (C=O) groups is 2. The first-order valence-corrected chi connectivity index (χ1v) is 13.6. The quantitative estimate of drug-likeness (QED) is 0.193. The maximum absolute atomic E-state index is 12.9. The number of benzene rings is 2. The molecule has 2 aromatic carbocycles. The molecule has 1 atom stereocenters. The van der Waals surface area contributed by atoms with E-state index < -0.39 is 5.60 Å². The topological polar surface area (TPSA) is 76.5 Å². The van der Waals surface area contributed by atoms with Gasteiger partial charge in [0, 0.05) is 18.8 Å². The van der Waals surface area contributed by atoms with E-state index in [1.54, 1.807) is 11.8 Å². The minimum Gasteiger partial charge on any atom is -0.459 e. The Morgan fingerprint density at radius 2 is 1.81 bits per heavy atom. The van der Waals surface area contributed by atoms with Gasteiger partial charge < -0.3 is 19.5 Å². The van der Waals surface area contributed by atoms with Crippen molar-refractivity contribution >= 4 is 34.8 Å². The summed E-state index contributed by atoms with van der Waals surface area (Å²) >= 11 is 1.59. The zero-order valence-electron chi connectivity index (χ0n) is 22.0. The van der Waals surface area contributed by atoms with E-state index in [2.05, 4.69) is 31.3 Å². The van der Waals surface area contributed by atoms with Gasteiger partial charge in [-0.2, -0.15) is 0 Å². The molecule has 0 bridgehead atoms. The number of fused-ring (bicyclic) bond motifs is 1. The Kier molecular flexibility index (Phi) is 9.81. The van der Waals surface area contributed by atoms with Crippen LogP contribution in [0, 0.1) is 0 Å². The molecule has 0 aliphatic heterocycles. The molecule has 36 heavy (non-hydrogen) atoms. The zero-order valence-corrected chi connectivity index (χ0v) is 22.8. The summed E-state index contributed by atoms with van der Waals surface area (Å²) in [7, 11) is 0. The van der Waals surface area contributed by atoms with E-state index in [0.29, 0.717) is 13.1 Å². The van der Waals surface area contributed by atoms with Crippen LogP contribution >= 0.6 is 11.8 Å². The first-order chi connectivity index (χ1) is 17.2. The predicted octanol–water partition coefficient (Wildman–Crippen LogP) is 6.04. The molecule has 0 fully saturated rings. The molecule has 7 nitrogen and oxygen atoms in total. The van der Waals surface area contributed by atoms with Gasteiger partial charge in [-0.3, -0.25) is 4.79 Å². The molecule has 3 rings (SSSR count). The van der Waals surface area contributed by atoms with Crippen molar-refractivity contribution in [1.29, 1.82) is 0 Å². The standard InChI is InChI=1S/C28H38N4O3S/c1-6-18-31(21(2)22-13-8-7-9-14-22)26(34)29-17-12-19-36-27-30-23-15-10-11-16-24(23)32(27)20-25(33)35-28(3,4)5/h7-11,13-16,21H,6,12,17-20H2,1-5H3,(H,29,34). The molecule has 0 saturated carbocycles. The monoisotopic (exact) mass is 510 g/mol. The summed E-state index contributed by atoms with van der Waals surface area (Å²) in [4.78, 5) is 32.1. The van der Waals surface area contributed by atoms with Crippen LogP contribution in [0.5, 0.6) is 0 Å². The molecule has 1 unspecified atom stereocenters. The van der Waals surface area contributed by atoms with Gasteiger partial charge in [0.1, 0.15) is 12.1 Å². The van der Waals surface area contributed by atoms with E-state index in [4.69, 9.17) is 9.72 Å². The highest BCUT2D eigenvalue weighted by molar-refractivity contribution is 7.99. The summed E-state index contributed by atoms with van der Waals surface area (Å²) in [6.07, 6.45) is 1.68. The molecule has 0 aliphatic carbocycles. The summed E-state index contributed by atoms with van der Waals surface area (Å²) in [5.74, 6) is 0.475. The van der Waals surface area contributed by atoms with E-state index in [-0.39, 0.29) is 24.6 Å². The number of hydrogen-bond acceptors (Lipinski definition) is 5. The summed E-state index contributed by atoms with van der Waals surface area (Å²) < 4.78 is 7.44. The van der Waals surface area contributed by atoms with E-state index in [1.807, 2.05) is 72.7 Å². The second-order valence-corrected chi connectivity index (χ2v) is 10.8. The van der Waals surface area contributed by atoms with Gasteiger partial charge in [0.25, 0.3) is 0 Å². The van der Waals surface area contributed by atoms with E-state index in [9.17, 15) is 9.59 Å². The molecule has 0 spiro atoms.